The van der Waals surface area contributed by atoms with Crippen LogP contribution in [0.3, 0.4) is 0 Å². The van der Waals surface area contributed by atoms with E-state index >= 15 is 0 Å². The first-order valence-corrected chi connectivity index (χ1v) is 7.42. The van der Waals surface area contributed by atoms with Crippen molar-refractivity contribution in [1.82, 2.24) is 10.3 Å². The minimum absolute atomic E-state index is 0.0358. The van der Waals surface area contributed by atoms with Crippen molar-refractivity contribution in [2.75, 3.05) is 29.5 Å². The Morgan fingerprint density at radius 1 is 1.44 bits per heavy atom. The number of carbonyl (C=O) groups excluding carboxylic acids is 1. The summed E-state index contributed by atoms with van der Waals surface area (Å²) in [5.74, 6) is 2.98. The zero-order chi connectivity index (χ0) is 13.0. The molecule has 4 nitrogen and oxygen atoms in total. The third kappa shape index (κ3) is 3.16. The van der Waals surface area contributed by atoms with Crippen LogP contribution < -0.4 is 10.2 Å². The summed E-state index contributed by atoms with van der Waals surface area (Å²) in [6.07, 6.45) is 1.75. The molecule has 1 aromatic rings. The molecule has 2 rings (SSSR count). The van der Waals surface area contributed by atoms with Gasteiger partial charge in [0.05, 0.1) is 5.56 Å². The molecule has 0 spiro atoms. The number of anilines is 1. The second kappa shape index (κ2) is 6.09. The predicted molar refractivity (Wildman–Crippen MR) is 76.4 cm³/mol. The highest BCUT2D eigenvalue weighted by Gasteiger charge is 2.19. The van der Waals surface area contributed by atoms with Gasteiger partial charge in [0.25, 0.3) is 5.91 Å². The average Bonchev–Trinajstić information content (AvgIpc) is 2.39. The van der Waals surface area contributed by atoms with Crippen LogP contribution in [0.2, 0.25) is 0 Å². The lowest BCUT2D eigenvalue weighted by molar-refractivity contribution is 0.0943. The Balaban J connectivity index is 2.21. The number of thioether (sulfide) groups is 1. The van der Waals surface area contributed by atoms with E-state index in [1.807, 2.05) is 37.7 Å². The summed E-state index contributed by atoms with van der Waals surface area (Å²) in [7, 11) is 0. The predicted octanol–water partition coefficient (Wildman–Crippen LogP) is 1.77. The van der Waals surface area contributed by atoms with Gasteiger partial charge in [-0.05, 0) is 26.0 Å². The minimum Gasteiger partial charge on any atom is -0.354 e. The highest BCUT2D eigenvalue weighted by Crippen LogP contribution is 2.21. The van der Waals surface area contributed by atoms with E-state index in [2.05, 4.69) is 15.2 Å². The third-order valence-electron chi connectivity index (χ3n) is 2.76. The van der Waals surface area contributed by atoms with Gasteiger partial charge < -0.3 is 10.2 Å². The highest BCUT2D eigenvalue weighted by atomic mass is 32.2. The fourth-order valence-electron chi connectivity index (χ4n) is 1.94. The van der Waals surface area contributed by atoms with Crippen molar-refractivity contribution < 1.29 is 4.79 Å². The lowest BCUT2D eigenvalue weighted by Gasteiger charge is -2.28. The largest absolute Gasteiger partial charge is 0.354 e. The maximum absolute atomic E-state index is 12.1. The molecule has 0 saturated carbocycles. The number of hydrogen-bond acceptors (Lipinski definition) is 4. The first-order chi connectivity index (χ1) is 8.68. The molecule has 0 radical (unpaired) electrons. The summed E-state index contributed by atoms with van der Waals surface area (Å²) < 4.78 is 0. The van der Waals surface area contributed by atoms with E-state index in [1.54, 1.807) is 6.20 Å². The van der Waals surface area contributed by atoms with Crippen LogP contribution in [0, 0.1) is 0 Å². The normalized spacial score (nSPS) is 15.8. The molecule has 1 N–H and O–H groups in total. The Kier molecular flexibility index (Phi) is 4.47. The van der Waals surface area contributed by atoms with Crippen molar-refractivity contribution in [3.05, 3.63) is 23.9 Å². The summed E-state index contributed by atoms with van der Waals surface area (Å²) in [4.78, 5) is 18.7. The van der Waals surface area contributed by atoms with E-state index in [0.717, 1.165) is 30.4 Å². The van der Waals surface area contributed by atoms with Crippen LogP contribution in [-0.4, -0.2) is 41.5 Å². The molecule has 1 aliphatic heterocycles. The smallest absolute Gasteiger partial charge is 0.255 e. The molecular weight excluding hydrogens is 246 g/mol. The molecule has 0 bridgehead atoms. The zero-order valence-electron chi connectivity index (χ0n) is 10.8. The third-order valence-corrected chi connectivity index (χ3v) is 3.70. The second-order valence-corrected chi connectivity index (χ2v) is 5.83. The summed E-state index contributed by atoms with van der Waals surface area (Å²) in [5.41, 5.74) is 0.679. The van der Waals surface area contributed by atoms with Gasteiger partial charge in [-0.1, -0.05) is 0 Å². The molecule has 0 aliphatic carbocycles. The van der Waals surface area contributed by atoms with Crippen LogP contribution in [0.15, 0.2) is 18.3 Å². The highest BCUT2D eigenvalue weighted by molar-refractivity contribution is 7.99. The molecule has 5 heteroatoms. The number of rotatable bonds is 3. The second-order valence-electron chi connectivity index (χ2n) is 4.60. The van der Waals surface area contributed by atoms with Gasteiger partial charge in [-0.25, -0.2) is 4.98 Å². The van der Waals surface area contributed by atoms with Gasteiger partial charge in [0.1, 0.15) is 5.82 Å². The number of nitrogens with zero attached hydrogens (tertiary/aromatic N) is 2. The van der Waals surface area contributed by atoms with Crippen LogP contribution in [0.4, 0.5) is 5.82 Å². The maximum atomic E-state index is 12.1. The Bertz CT molecular complexity index is 416. The van der Waals surface area contributed by atoms with Crippen molar-refractivity contribution in [2.45, 2.75) is 19.9 Å². The number of carbonyl (C=O) groups is 1. The van der Waals surface area contributed by atoms with Gasteiger partial charge in [-0.15, -0.1) is 0 Å². The summed E-state index contributed by atoms with van der Waals surface area (Å²) >= 11 is 1.95. The first-order valence-electron chi connectivity index (χ1n) is 6.27. The molecule has 0 atom stereocenters. The van der Waals surface area contributed by atoms with Gasteiger partial charge in [0.2, 0.25) is 0 Å². The van der Waals surface area contributed by atoms with Crippen molar-refractivity contribution in [1.29, 1.82) is 0 Å². The number of amides is 1. The summed E-state index contributed by atoms with van der Waals surface area (Å²) in [6.45, 7) is 5.85. The Morgan fingerprint density at radius 2 is 2.17 bits per heavy atom. The molecule has 1 aromatic heterocycles. The fourth-order valence-corrected chi connectivity index (χ4v) is 2.84. The SMILES string of the molecule is CC(C)NC(=O)c1cccnc1N1CCSCC1. The van der Waals surface area contributed by atoms with Crippen molar-refractivity contribution in [3.63, 3.8) is 0 Å². The number of aromatic nitrogens is 1. The van der Waals surface area contributed by atoms with Gasteiger partial charge in [-0.3, -0.25) is 4.79 Å². The molecule has 1 saturated heterocycles. The van der Waals surface area contributed by atoms with Gasteiger partial charge in [0.15, 0.2) is 0 Å². The first kappa shape index (κ1) is 13.2. The molecule has 2 heterocycles. The van der Waals surface area contributed by atoms with E-state index in [1.165, 1.54) is 0 Å². The molecular formula is C13H19N3OS. The molecule has 1 aliphatic rings. The van der Waals surface area contributed by atoms with Crippen LogP contribution in [-0.2, 0) is 0 Å². The van der Waals surface area contributed by atoms with Crippen molar-refractivity contribution in [2.24, 2.45) is 0 Å². The molecule has 0 unspecified atom stereocenters. The Labute approximate surface area is 112 Å². The van der Waals surface area contributed by atoms with Gasteiger partial charge in [0, 0.05) is 36.8 Å². The van der Waals surface area contributed by atoms with E-state index in [0.29, 0.717) is 5.56 Å². The average molecular weight is 265 g/mol. The van der Waals surface area contributed by atoms with E-state index < -0.39 is 0 Å². The van der Waals surface area contributed by atoms with Crippen molar-refractivity contribution in [3.8, 4) is 0 Å². The molecule has 1 fully saturated rings. The van der Waals surface area contributed by atoms with Gasteiger partial charge >= 0.3 is 0 Å². The number of nitrogens with one attached hydrogen (secondary N) is 1. The molecule has 98 valence electrons. The lowest BCUT2D eigenvalue weighted by Crippen LogP contribution is -2.36. The zero-order valence-corrected chi connectivity index (χ0v) is 11.7. The van der Waals surface area contributed by atoms with Gasteiger partial charge in [-0.2, -0.15) is 11.8 Å². The van der Waals surface area contributed by atoms with Crippen LogP contribution >= 0.6 is 11.8 Å². The van der Waals surface area contributed by atoms with E-state index in [-0.39, 0.29) is 11.9 Å². The van der Waals surface area contributed by atoms with Crippen LogP contribution in [0.25, 0.3) is 0 Å². The lowest BCUT2D eigenvalue weighted by atomic mass is 10.2. The number of pyridine rings is 1. The Morgan fingerprint density at radius 3 is 2.83 bits per heavy atom. The minimum atomic E-state index is -0.0358. The summed E-state index contributed by atoms with van der Waals surface area (Å²) in [5, 5.41) is 2.93. The van der Waals surface area contributed by atoms with E-state index in [4.69, 9.17) is 0 Å². The molecule has 18 heavy (non-hydrogen) atoms. The monoisotopic (exact) mass is 265 g/mol. The topological polar surface area (TPSA) is 45.2 Å². The Hall–Kier alpha value is -1.23. The fraction of sp³-hybridized carbons (Fsp3) is 0.538. The van der Waals surface area contributed by atoms with E-state index in [9.17, 15) is 4.79 Å². The maximum Gasteiger partial charge on any atom is 0.255 e. The summed E-state index contributed by atoms with van der Waals surface area (Å²) in [6, 6.07) is 3.81. The van der Waals surface area contributed by atoms with Crippen LogP contribution in [0.5, 0.6) is 0 Å². The van der Waals surface area contributed by atoms with Crippen LogP contribution in [0.1, 0.15) is 24.2 Å². The molecule has 0 aromatic carbocycles. The molecule has 1 amide bonds. The van der Waals surface area contributed by atoms with Crippen molar-refractivity contribution >= 4 is 23.5 Å². The standard InChI is InChI=1S/C13H19N3OS/c1-10(2)15-13(17)11-4-3-5-14-12(11)16-6-8-18-9-7-16/h3-5,10H,6-9H2,1-2H3,(H,15,17). The number of hydrogen-bond donors (Lipinski definition) is 1. The quantitative estimate of drug-likeness (QED) is 0.905.